The summed E-state index contributed by atoms with van der Waals surface area (Å²) < 4.78 is 7.10. The van der Waals surface area contributed by atoms with Gasteiger partial charge in [-0.2, -0.15) is 0 Å². The van der Waals surface area contributed by atoms with Gasteiger partial charge in [0.05, 0.1) is 6.10 Å². The predicted octanol–water partition coefficient (Wildman–Crippen LogP) is 3.67. The van der Waals surface area contributed by atoms with Gasteiger partial charge in [-0.25, -0.2) is 4.79 Å². The van der Waals surface area contributed by atoms with Crippen LogP contribution in [-0.2, 0) is 0 Å². The summed E-state index contributed by atoms with van der Waals surface area (Å²) >= 11 is 3.51. The van der Waals surface area contributed by atoms with E-state index in [4.69, 9.17) is 9.84 Å². The largest absolute Gasteiger partial charge is 0.490 e. The van der Waals surface area contributed by atoms with Crippen molar-refractivity contribution in [1.82, 2.24) is 4.90 Å². The summed E-state index contributed by atoms with van der Waals surface area (Å²) in [6.07, 6.45) is 2.44. The van der Waals surface area contributed by atoms with Crippen LogP contribution in [0.2, 0.25) is 0 Å². The minimum atomic E-state index is -0.803. The van der Waals surface area contributed by atoms with Crippen molar-refractivity contribution in [2.24, 2.45) is 5.41 Å². The van der Waals surface area contributed by atoms with Gasteiger partial charge >= 0.3 is 6.09 Å². The van der Waals surface area contributed by atoms with Crippen LogP contribution in [0, 0.1) is 12.3 Å². The van der Waals surface area contributed by atoms with Gasteiger partial charge in [-0.05, 0) is 43.9 Å². The number of carboxylic acid groups (broad SMARTS) is 1. The fourth-order valence-corrected chi connectivity index (χ4v) is 3.64. The standard InChI is InChI=1S/C15H18BrNO3/c1-10-2-3-11(6-13(10)16)20-12-4-5-15(7-12)8-17(9-15)14(18)19/h2-3,6,12H,4-5,7-9H2,1H3,(H,18,19). The van der Waals surface area contributed by atoms with Crippen molar-refractivity contribution in [1.29, 1.82) is 0 Å². The van der Waals surface area contributed by atoms with Gasteiger partial charge in [0, 0.05) is 23.0 Å². The second-order valence-corrected chi connectivity index (χ2v) is 6.89. The molecule has 1 amide bonds. The number of hydrogen-bond acceptors (Lipinski definition) is 2. The van der Waals surface area contributed by atoms with Crippen LogP contribution in [0.1, 0.15) is 24.8 Å². The lowest BCUT2D eigenvalue weighted by molar-refractivity contribution is 0.00792. The van der Waals surface area contributed by atoms with E-state index in [0.29, 0.717) is 13.1 Å². The number of ether oxygens (including phenoxy) is 1. The monoisotopic (exact) mass is 339 g/mol. The summed E-state index contributed by atoms with van der Waals surface area (Å²) in [5.74, 6) is 0.888. The quantitative estimate of drug-likeness (QED) is 0.894. The number of rotatable bonds is 2. The Balaban J connectivity index is 1.58. The van der Waals surface area contributed by atoms with Gasteiger partial charge in [-0.15, -0.1) is 0 Å². The van der Waals surface area contributed by atoms with Crippen LogP contribution in [0.5, 0.6) is 5.75 Å². The SMILES string of the molecule is Cc1ccc(OC2CCC3(C2)CN(C(=O)O)C3)cc1Br. The predicted molar refractivity (Wildman–Crippen MR) is 79.2 cm³/mol. The molecule has 1 N–H and O–H groups in total. The molecule has 5 heteroatoms. The zero-order chi connectivity index (χ0) is 14.3. The normalized spacial score (nSPS) is 23.7. The molecule has 1 atom stereocenters. The van der Waals surface area contributed by atoms with Gasteiger partial charge in [-0.3, -0.25) is 0 Å². The first-order valence-corrected chi connectivity index (χ1v) is 7.67. The topological polar surface area (TPSA) is 49.8 Å². The van der Waals surface area contributed by atoms with E-state index in [0.717, 1.165) is 29.5 Å². The Morgan fingerprint density at radius 3 is 2.90 bits per heavy atom. The Morgan fingerprint density at radius 2 is 2.25 bits per heavy atom. The average Bonchev–Trinajstić information content (AvgIpc) is 2.76. The minimum Gasteiger partial charge on any atom is -0.490 e. The molecule has 1 saturated heterocycles. The van der Waals surface area contributed by atoms with Crippen LogP contribution < -0.4 is 4.74 Å². The number of nitrogens with zero attached hydrogens (tertiary/aromatic N) is 1. The molecule has 0 aromatic heterocycles. The molecule has 108 valence electrons. The lowest BCUT2D eigenvalue weighted by Gasteiger charge is -2.46. The van der Waals surface area contributed by atoms with Crippen molar-refractivity contribution >= 4 is 22.0 Å². The molecule has 1 saturated carbocycles. The van der Waals surface area contributed by atoms with Crippen molar-refractivity contribution in [2.75, 3.05) is 13.1 Å². The molecule has 4 nitrogen and oxygen atoms in total. The summed E-state index contributed by atoms with van der Waals surface area (Å²) in [6, 6.07) is 6.04. The second kappa shape index (κ2) is 4.95. The number of amides is 1. The summed E-state index contributed by atoms with van der Waals surface area (Å²) in [6.45, 7) is 3.38. The summed E-state index contributed by atoms with van der Waals surface area (Å²) in [5, 5.41) is 8.92. The molecule has 1 heterocycles. The molecule has 0 bridgehead atoms. The van der Waals surface area contributed by atoms with E-state index in [1.54, 1.807) is 0 Å². The molecule has 1 unspecified atom stereocenters. The van der Waals surface area contributed by atoms with E-state index >= 15 is 0 Å². The number of hydrogen-bond donors (Lipinski definition) is 1. The molecule has 1 spiro atoms. The van der Waals surface area contributed by atoms with Crippen LogP contribution >= 0.6 is 15.9 Å². The van der Waals surface area contributed by atoms with E-state index < -0.39 is 6.09 Å². The Morgan fingerprint density at radius 1 is 1.50 bits per heavy atom. The number of aryl methyl sites for hydroxylation is 1. The van der Waals surface area contributed by atoms with E-state index in [2.05, 4.69) is 15.9 Å². The highest BCUT2D eigenvalue weighted by Gasteiger charge is 2.50. The molecule has 1 aliphatic carbocycles. The molecular weight excluding hydrogens is 322 g/mol. The van der Waals surface area contributed by atoms with E-state index in [1.165, 1.54) is 10.5 Å². The zero-order valence-corrected chi connectivity index (χ0v) is 13.0. The smallest absolute Gasteiger partial charge is 0.407 e. The minimum absolute atomic E-state index is 0.172. The summed E-state index contributed by atoms with van der Waals surface area (Å²) in [7, 11) is 0. The molecule has 3 rings (SSSR count). The number of carbonyl (C=O) groups is 1. The molecule has 2 fully saturated rings. The lowest BCUT2D eigenvalue weighted by Crippen LogP contribution is -2.57. The van der Waals surface area contributed by atoms with Gasteiger partial charge in [0.2, 0.25) is 0 Å². The van der Waals surface area contributed by atoms with Crippen LogP contribution in [-0.4, -0.2) is 35.3 Å². The summed E-state index contributed by atoms with van der Waals surface area (Å²) in [4.78, 5) is 12.3. The highest BCUT2D eigenvalue weighted by atomic mass is 79.9. The van der Waals surface area contributed by atoms with Crippen molar-refractivity contribution in [3.05, 3.63) is 28.2 Å². The Bertz CT molecular complexity index is 540. The summed E-state index contributed by atoms with van der Waals surface area (Å²) in [5.41, 5.74) is 1.36. The molecule has 2 aliphatic rings. The first kappa shape index (κ1) is 13.7. The molecular formula is C15H18BrNO3. The van der Waals surface area contributed by atoms with Crippen molar-refractivity contribution in [3.8, 4) is 5.75 Å². The molecule has 1 aromatic rings. The third-order valence-electron chi connectivity index (χ3n) is 4.43. The number of benzene rings is 1. The lowest BCUT2D eigenvalue weighted by atomic mass is 9.78. The number of halogens is 1. The highest BCUT2D eigenvalue weighted by molar-refractivity contribution is 9.10. The maximum absolute atomic E-state index is 10.9. The van der Waals surface area contributed by atoms with Crippen LogP contribution in [0.3, 0.4) is 0 Å². The second-order valence-electron chi connectivity index (χ2n) is 6.03. The maximum atomic E-state index is 10.9. The first-order chi connectivity index (χ1) is 9.47. The van der Waals surface area contributed by atoms with Gasteiger partial charge in [0.1, 0.15) is 5.75 Å². The van der Waals surface area contributed by atoms with Crippen LogP contribution in [0.15, 0.2) is 22.7 Å². The van der Waals surface area contributed by atoms with E-state index in [-0.39, 0.29) is 11.5 Å². The Labute approximate surface area is 126 Å². The van der Waals surface area contributed by atoms with E-state index in [9.17, 15) is 4.79 Å². The first-order valence-electron chi connectivity index (χ1n) is 6.88. The van der Waals surface area contributed by atoms with Gasteiger partial charge < -0.3 is 14.7 Å². The third-order valence-corrected chi connectivity index (χ3v) is 5.28. The van der Waals surface area contributed by atoms with Crippen LogP contribution in [0.25, 0.3) is 0 Å². The molecule has 20 heavy (non-hydrogen) atoms. The van der Waals surface area contributed by atoms with Gasteiger partial charge in [-0.1, -0.05) is 22.0 Å². The Kier molecular flexibility index (Phi) is 3.40. The van der Waals surface area contributed by atoms with Gasteiger partial charge in [0.15, 0.2) is 0 Å². The average molecular weight is 340 g/mol. The molecule has 1 aromatic carbocycles. The fourth-order valence-electron chi connectivity index (χ4n) is 3.28. The van der Waals surface area contributed by atoms with E-state index in [1.807, 2.05) is 25.1 Å². The molecule has 1 aliphatic heterocycles. The third kappa shape index (κ3) is 2.51. The Hall–Kier alpha value is -1.23. The van der Waals surface area contributed by atoms with Gasteiger partial charge in [0.25, 0.3) is 0 Å². The fraction of sp³-hybridized carbons (Fsp3) is 0.533. The highest BCUT2D eigenvalue weighted by Crippen LogP contribution is 2.46. The number of likely N-dealkylation sites (tertiary alicyclic amines) is 1. The van der Waals surface area contributed by atoms with Crippen molar-refractivity contribution < 1.29 is 14.6 Å². The maximum Gasteiger partial charge on any atom is 0.407 e. The van der Waals surface area contributed by atoms with Crippen LogP contribution in [0.4, 0.5) is 4.79 Å². The van der Waals surface area contributed by atoms with Crippen molar-refractivity contribution in [3.63, 3.8) is 0 Å². The van der Waals surface area contributed by atoms with Crippen molar-refractivity contribution in [2.45, 2.75) is 32.3 Å². The molecule has 0 radical (unpaired) electrons. The zero-order valence-electron chi connectivity index (χ0n) is 11.4.